The molecule has 2 heteroatoms. The van der Waals surface area contributed by atoms with Crippen LogP contribution in [0.3, 0.4) is 0 Å². The van der Waals surface area contributed by atoms with Crippen LogP contribution in [0.2, 0.25) is 0 Å². The minimum Gasteiger partial charge on any atom is -0.497 e. The second-order valence-corrected chi connectivity index (χ2v) is 2.78. The predicted molar refractivity (Wildman–Crippen MR) is 47.5 cm³/mol. The molecule has 0 atom stereocenters. The molecule has 0 aliphatic carbocycles. The molecule has 0 spiro atoms. The van der Waals surface area contributed by atoms with Gasteiger partial charge in [0.05, 0.1) is 13.4 Å². The molecular formula is C10H10O2. The first-order valence-corrected chi connectivity index (χ1v) is 3.83. The highest BCUT2D eigenvalue weighted by Gasteiger charge is 2.01. The summed E-state index contributed by atoms with van der Waals surface area (Å²) in [7, 11) is 1.65. The van der Waals surface area contributed by atoms with Crippen molar-refractivity contribution in [2.45, 2.75) is 6.92 Å². The van der Waals surface area contributed by atoms with Gasteiger partial charge < -0.3 is 9.15 Å². The van der Waals surface area contributed by atoms with Crippen LogP contribution in [0, 0.1) is 6.92 Å². The Bertz CT molecular complexity index is 401. The molecule has 2 nitrogen and oxygen atoms in total. The largest absolute Gasteiger partial charge is 0.497 e. The zero-order chi connectivity index (χ0) is 8.55. The van der Waals surface area contributed by atoms with E-state index < -0.39 is 0 Å². The summed E-state index contributed by atoms with van der Waals surface area (Å²) in [5.41, 5.74) is 2.04. The van der Waals surface area contributed by atoms with Crippen molar-refractivity contribution in [2.24, 2.45) is 0 Å². The van der Waals surface area contributed by atoms with Crippen LogP contribution in [-0.4, -0.2) is 7.11 Å². The van der Waals surface area contributed by atoms with Gasteiger partial charge >= 0.3 is 0 Å². The van der Waals surface area contributed by atoms with E-state index >= 15 is 0 Å². The molecule has 2 rings (SSSR count). The van der Waals surface area contributed by atoms with E-state index in [9.17, 15) is 0 Å². The Labute approximate surface area is 70.8 Å². The Morgan fingerprint density at radius 1 is 1.33 bits per heavy atom. The Balaban J connectivity index is 2.69. The third-order valence-electron chi connectivity index (χ3n) is 1.98. The first-order chi connectivity index (χ1) is 5.81. The van der Waals surface area contributed by atoms with Crippen LogP contribution in [0.5, 0.6) is 5.75 Å². The lowest BCUT2D eigenvalue weighted by Crippen LogP contribution is -1.80. The zero-order valence-corrected chi connectivity index (χ0v) is 7.13. The molecule has 0 saturated carbocycles. The molecule has 0 amide bonds. The first-order valence-electron chi connectivity index (χ1n) is 3.83. The molecular weight excluding hydrogens is 152 g/mol. The van der Waals surface area contributed by atoms with Gasteiger partial charge in [0.1, 0.15) is 11.3 Å². The second kappa shape index (κ2) is 2.55. The van der Waals surface area contributed by atoms with Crippen LogP contribution in [0.4, 0.5) is 0 Å². The summed E-state index contributed by atoms with van der Waals surface area (Å²) in [6, 6.07) is 5.83. The quantitative estimate of drug-likeness (QED) is 0.643. The van der Waals surface area contributed by atoms with E-state index in [0.717, 1.165) is 22.3 Å². The average molecular weight is 162 g/mol. The van der Waals surface area contributed by atoms with Crippen molar-refractivity contribution in [3.8, 4) is 5.75 Å². The van der Waals surface area contributed by atoms with Crippen LogP contribution in [-0.2, 0) is 0 Å². The lowest BCUT2D eigenvalue weighted by molar-refractivity contribution is 0.414. The van der Waals surface area contributed by atoms with Crippen molar-refractivity contribution < 1.29 is 9.15 Å². The average Bonchev–Trinajstić information content (AvgIpc) is 2.47. The molecule has 0 fully saturated rings. The number of fused-ring (bicyclic) bond motifs is 1. The highest BCUT2D eigenvalue weighted by Crippen LogP contribution is 2.24. The predicted octanol–water partition coefficient (Wildman–Crippen LogP) is 2.75. The van der Waals surface area contributed by atoms with Crippen LogP contribution >= 0.6 is 0 Å². The van der Waals surface area contributed by atoms with E-state index in [1.807, 2.05) is 25.1 Å². The summed E-state index contributed by atoms with van der Waals surface area (Å²) in [5, 5.41) is 1.15. The second-order valence-electron chi connectivity index (χ2n) is 2.78. The number of hydrogen-bond donors (Lipinski definition) is 0. The van der Waals surface area contributed by atoms with E-state index in [-0.39, 0.29) is 0 Å². The van der Waals surface area contributed by atoms with Crippen LogP contribution in [0.1, 0.15) is 5.56 Å². The molecule has 0 radical (unpaired) electrons. The van der Waals surface area contributed by atoms with Crippen molar-refractivity contribution >= 4 is 11.0 Å². The number of furan rings is 1. The van der Waals surface area contributed by atoms with Gasteiger partial charge in [0, 0.05) is 11.5 Å². The summed E-state index contributed by atoms with van der Waals surface area (Å²) in [6.45, 7) is 2.03. The van der Waals surface area contributed by atoms with Crippen molar-refractivity contribution in [1.29, 1.82) is 0 Å². The molecule has 1 aromatic heterocycles. The van der Waals surface area contributed by atoms with Gasteiger partial charge in [-0.1, -0.05) is 0 Å². The number of benzene rings is 1. The van der Waals surface area contributed by atoms with Crippen molar-refractivity contribution in [1.82, 2.24) is 0 Å². The molecule has 0 aliphatic heterocycles. The zero-order valence-electron chi connectivity index (χ0n) is 7.13. The van der Waals surface area contributed by atoms with E-state index in [0.29, 0.717) is 0 Å². The first kappa shape index (κ1) is 7.22. The van der Waals surface area contributed by atoms with Crippen molar-refractivity contribution in [3.63, 3.8) is 0 Å². The molecule has 12 heavy (non-hydrogen) atoms. The maximum Gasteiger partial charge on any atom is 0.137 e. The van der Waals surface area contributed by atoms with E-state index in [1.165, 1.54) is 0 Å². The Morgan fingerprint density at radius 3 is 2.92 bits per heavy atom. The Hall–Kier alpha value is -1.44. The third-order valence-corrected chi connectivity index (χ3v) is 1.98. The molecule has 62 valence electrons. The molecule has 2 aromatic rings. The SMILES string of the molecule is COc1ccc2c(C)coc2c1. The Morgan fingerprint density at radius 2 is 2.17 bits per heavy atom. The fourth-order valence-corrected chi connectivity index (χ4v) is 1.27. The molecule has 0 aliphatic rings. The minimum absolute atomic E-state index is 0.830. The number of aryl methyl sites for hydroxylation is 1. The maximum absolute atomic E-state index is 5.31. The standard InChI is InChI=1S/C10H10O2/c1-7-6-12-10-5-8(11-2)3-4-9(7)10/h3-6H,1-2H3. The Kier molecular flexibility index (Phi) is 1.54. The summed E-state index contributed by atoms with van der Waals surface area (Å²) in [4.78, 5) is 0. The summed E-state index contributed by atoms with van der Waals surface area (Å²) >= 11 is 0. The van der Waals surface area contributed by atoms with Gasteiger partial charge in [-0.25, -0.2) is 0 Å². The number of rotatable bonds is 1. The fourth-order valence-electron chi connectivity index (χ4n) is 1.27. The van der Waals surface area contributed by atoms with Gasteiger partial charge in [-0.2, -0.15) is 0 Å². The lowest BCUT2D eigenvalue weighted by Gasteiger charge is -1.97. The van der Waals surface area contributed by atoms with Crippen LogP contribution < -0.4 is 4.74 Å². The van der Waals surface area contributed by atoms with Crippen molar-refractivity contribution in [3.05, 3.63) is 30.0 Å². The topological polar surface area (TPSA) is 22.4 Å². The highest BCUT2D eigenvalue weighted by molar-refractivity contribution is 5.81. The van der Waals surface area contributed by atoms with Gasteiger partial charge in [-0.05, 0) is 24.6 Å². The van der Waals surface area contributed by atoms with Gasteiger partial charge in [-0.3, -0.25) is 0 Å². The summed E-state index contributed by atoms with van der Waals surface area (Å²) < 4.78 is 10.4. The normalized spacial score (nSPS) is 10.5. The molecule has 0 unspecified atom stereocenters. The van der Waals surface area contributed by atoms with Crippen molar-refractivity contribution in [2.75, 3.05) is 7.11 Å². The van der Waals surface area contributed by atoms with Gasteiger partial charge in [0.25, 0.3) is 0 Å². The van der Waals surface area contributed by atoms with Gasteiger partial charge in [0.2, 0.25) is 0 Å². The lowest BCUT2D eigenvalue weighted by atomic mass is 10.2. The fraction of sp³-hybridized carbons (Fsp3) is 0.200. The van der Waals surface area contributed by atoms with E-state index in [4.69, 9.17) is 9.15 Å². The molecule has 1 heterocycles. The van der Waals surface area contributed by atoms with E-state index in [2.05, 4.69) is 0 Å². The monoisotopic (exact) mass is 162 g/mol. The molecule has 0 saturated heterocycles. The number of ether oxygens (including phenoxy) is 1. The van der Waals surface area contributed by atoms with Gasteiger partial charge in [-0.15, -0.1) is 0 Å². The summed E-state index contributed by atoms with van der Waals surface area (Å²) in [6.07, 6.45) is 1.75. The number of methoxy groups -OCH3 is 1. The summed E-state index contributed by atoms with van der Waals surface area (Å²) in [5.74, 6) is 0.830. The third kappa shape index (κ3) is 0.961. The van der Waals surface area contributed by atoms with Gasteiger partial charge in [0.15, 0.2) is 0 Å². The van der Waals surface area contributed by atoms with Crippen LogP contribution in [0.25, 0.3) is 11.0 Å². The minimum atomic E-state index is 0.830. The smallest absolute Gasteiger partial charge is 0.137 e. The molecule has 0 bridgehead atoms. The molecule has 0 N–H and O–H groups in total. The number of hydrogen-bond acceptors (Lipinski definition) is 2. The van der Waals surface area contributed by atoms with E-state index in [1.54, 1.807) is 13.4 Å². The molecule has 1 aromatic carbocycles. The highest BCUT2D eigenvalue weighted by atomic mass is 16.5. The van der Waals surface area contributed by atoms with Crippen LogP contribution in [0.15, 0.2) is 28.9 Å². The maximum atomic E-state index is 5.31.